The van der Waals surface area contributed by atoms with Gasteiger partial charge in [0.1, 0.15) is 0 Å². The van der Waals surface area contributed by atoms with E-state index < -0.39 is 0 Å². The normalized spacial score (nSPS) is 7.64. The second-order valence-corrected chi connectivity index (χ2v) is 2.10. The number of rotatable bonds is 2. The lowest BCUT2D eigenvalue weighted by Gasteiger charge is -2.00. The van der Waals surface area contributed by atoms with Gasteiger partial charge >= 0.3 is 0 Å². The van der Waals surface area contributed by atoms with E-state index in [-0.39, 0.29) is 0 Å². The van der Waals surface area contributed by atoms with Gasteiger partial charge in [0.2, 0.25) is 0 Å². The van der Waals surface area contributed by atoms with E-state index >= 15 is 0 Å². The molecule has 0 aliphatic rings. The number of hydrogen-bond donors (Lipinski definition) is 1. The average Bonchev–Trinajstić information content (AvgIpc) is 2.08. The minimum Gasteiger partial charge on any atom is -0.320 e. The van der Waals surface area contributed by atoms with Gasteiger partial charge in [-0.3, -0.25) is 0 Å². The van der Waals surface area contributed by atoms with Crippen molar-refractivity contribution < 1.29 is 0 Å². The molecule has 0 aromatic heterocycles. The third-order valence-corrected chi connectivity index (χ3v) is 0.986. The van der Waals surface area contributed by atoms with Crippen LogP contribution in [0, 0.1) is 0 Å². The van der Waals surface area contributed by atoms with Gasteiger partial charge < -0.3 is 10.2 Å². The highest BCUT2D eigenvalue weighted by Gasteiger charge is 1.72. The third-order valence-electron chi connectivity index (χ3n) is 0.986. The van der Waals surface area contributed by atoms with Crippen LogP contribution < -0.4 is 5.32 Å². The van der Waals surface area contributed by atoms with Crippen molar-refractivity contribution in [3.63, 3.8) is 0 Å². The zero-order valence-electron chi connectivity index (χ0n) is 9.36. The highest BCUT2D eigenvalue weighted by molar-refractivity contribution is 4.25. The predicted octanol–water partition coefficient (Wildman–Crippen LogP) is 1.82. The lowest BCUT2D eigenvalue weighted by atomic mass is 10.7. The van der Waals surface area contributed by atoms with Crippen LogP contribution in [0.25, 0.3) is 0 Å². The highest BCUT2D eigenvalue weighted by Crippen LogP contribution is 1.63. The maximum absolute atomic E-state index is 2.93. The van der Waals surface area contributed by atoms with Gasteiger partial charge in [0, 0.05) is 0 Å². The molecule has 0 aromatic carbocycles. The van der Waals surface area contributed by atoms with Crippen molar-refractivity contribution in [3.05, 3.63) is 0 Å². The fourth-order valence-corrected chi connectivity index (χ4v) is 0. The van der Waals surface area contributed by atoms with Gasteiger partial charge in [0.25, 0.3) is 0 Å². The van der Waals surface area contributed by atoms with Gasteiger partial charge in [-0.1, -0.05) is 27.7 Å². The van der Waals surface area contributed by atoms with Crippen LogP contribution in [0.15, 0.2) is 0 Å². The van der Waals surface area contributed by atoms with Crippen molar-refractivity contribution in [1.82, 2.24) is 10.2 Å². The molecule has 0 radical (unpaired) electrons. The molecule has 2 nitrogen and oxygen atoms in total. The Balaban J connectivity index is -0.0000000965. The molecule has 0 saturated carbocycles. The molecule has 0 aliphatic heterocycles. The van der Waals surface area contributed by atoms with Crippen LogP contribution in [0.3, 0.4) is 0 Å². The second-order valence-electron chi connectivity index (χ2n) is 2.10. The molecule has 72 valence electrons. The van der Waals surface area contributed by atoms with Crippen LogP contribution in [0.1, 0.15) is 27.7 Å². The van der Waals surface area contributed by atoms with Crippen LogP contribution in [0.5, 0.6) is 0 Å². The average molecular weight is 162 g/mol. The van der Waals surface area contributed by atoms with Gasteiger partial charge in [0.15, 0.2) is 0 Å². The Hall–Kier alpha value is -0.0800. The summed E-state index contributed by atoms with van der Waals surface area (Å²) < 4.78 is 0. The van der Waals surface area contributed by atoms with Crippen molar-refractivity contribution in [2.45, 2.75) is 27.7 Å². The van der Waals surface area contributed by atoms with E-state index in [9.17, 15) is 0 Å². The second kappa shape index (κ2) is 22.5. The zero-order valence-corrected chi connectivity index (χ0v) is 9.36. The minimum absolute atomic E-state index is 1.07. The van der Waals surface area contributed by atoms with Gasteiger partial charge in [-0.2, -0.15) is 0 Å². The zero-order chi connectivity index (χ0) is 9.70. The fourth-order valence-electron chi connectivity index (χ4n) is 0. The largest absolute Gasteiger partial charge is 0.320 e. The standard InChI is InChI=1S/C4H11N.C3H9N.C2H6/c1-4-5(2)3;1-3-4-2;1-2/h4H2,1-3H3;4H,3H2,1-2H3;1-2H3. The summed E-state index contributed by atoms with van der Waals surface area (Å²) >= 11 is 0. The molecule has 0 unspecified atom stereocenters. The maximum atomic E-state index is 2.93. The molecule has 0 bridgehead atoms. The van der Waals surface area contributed by atoms with Crippen molar-refractivity contribution in [2.75, 3.05) is 34.2 Å². The summed E-state index contributed by atoms with van der Waals surface area (Å²) in [5.74, 6) is 0. The van der Waals surface area contributed by atoms with E-state index in [1.165, 1.54) is 0 Å². The molecule has 0 fully saturated rings. The van der Waals surface area contributed by atoms with E-state index in [0.29, 0.717) is 0 Å². The van der Waals surface area contributed by atoms with Gasteiger partial charge in [0.05, 0.1) is 0 Å². The van der Waals surface area contributed by atoms with Gasteiger partial charge in [-0.05, 0) is 34.2 Å². The monoisotopic (exact) mass is 162 g/mol. The Kier molecular flexibility index (Phi) is 35.1. The Labute approximate surface area is 73.0 Å². The molecule has 11 heavy (non-hydrogen) atoms. The Morgan fingerprint density at radius 3 is 1.27 bits per heavy atom. The molecule has 1 N–H and O–H groups in total. The van der Waals surface area contributed by atoms with Crippen molar-refractivity contribution in [2.24, 2.45) is 0 Å². The molecule has 2 heteroatoms. The number of nitrogens with zero attached hydrogens (tertiary/aromatic N) is 1. The lowest BCUT2D eigenvalue weighted by molar-refractivity contribution is 0.434. The Bertz CT molecular complexity index is 34.5. The van der Waals surface area contributed by atoms with Crippen LogP contribution in [0.2, 0.25) is 0 Å². The van der Waals surface area contributed by atoms with Gasteiger partial charge in [-0.15, -0.1) is 0 Å². The summed E-state index contributed by atoms with van der Waals surface area (Å²) in [4.78, 5) is 2.12. The van der Waals surface area contributed by atoms with Crippen LogP contribution in [-0.4, -0.2) is 39.1 Å². The van der Waals surface area contributed by atoms with E-state index in [1.807, 2.05) is 20.9 Å². The highest BCUT2D eigenvalue weighted by atomic mass is 15.0. The van der Waals surface area contributed by atoms with Gasteiger partial charge in [-0.25, -0.2) is 0 Å². The van der Waals surface area contributed by atoms with Crippen LogP contribution in [-0.2, 0) is 0 Å². The molecule has 0 aliphatic carbocycles. The summed E-state index contributed by atoms with van der Waals surface area (Å²) in [7, 11) is 6.04. The Morgan fingerprint density at radius 2 is 1.27 bits per heavy atom. The molecular weight excluding hydrogens is 136 g/mol. The maximum Gasteiger partial charge on any atom is -0.00533 e. The number of hydrogen-bond acceptors (Lipinski definition) is 2. The first kappa shape index (κ1) is 17.1. The molecule has 0 amide bonds. The first-order valence-electron chi connectivity index (χ1n) is 4.48. The predicted molar refractivity (Wildman–Crippen MR) is 55.2 cm³/mol. The van der Waals surface area contributed by atoms with Crippen molar-refractivity contribution in [3.8, 4) is 0 Å². The van der Waals surface area contributed by atoms with E-state index in [4.69, 9.17) is 0 Å². The molecular formula is C9H26N2. The fraction of sp³-hybridized carbons (Fsp3) is 1.00. The molecule has 0 aromatic rings. The van der Waals surface area contributed by atoms with E-state index in [0.717, 1.165) is 13.1 Å². The quantitative estimate of drug-likeness (QED) is 0.666. The molecule has 0 heterocycles. The SMILES string of the molecule is CC.CCN(C)C.CCNC. The minimum atomic E-state index is 1.07. The molecule has 0 spiro atoms. The van der Waals surface area contributed by atoms with Crippen molar-refractivity contribution >= 4 is 0 Å². The first-order chi connectivity index (χ1) is 5.18. The topological polar surface area (TPSA) is 15.3 Å². The summed E-state index contributed by atoms with van der Waals surface area (Å²) in [6.45, 7) is 10.4. The Morgan fingerprint density at radius 1 is 1.09 bits per heavy atom. The van der Waals surface area contributed by atoms with E-state index in [1.54, 1.807) is 0 Å². The van der Waals surface area contributed by atoms with Crippen molar-refractivity contribution in [1.29, 1.82) is 0 Å². The number of nitrogens with one attached hydrogen (secondary N) is 1. The summed E-state index contributed by atoms with van der Waals surface area (Å²) in [6, 6.07) is 0. The summed E-state index contributed by atoms with van der Waals surface area (Å²) in [5, 5.41) is 2.93. The van der Waals surface area contributed by atoms with Crippen LogP contribution >= 0.6 is 0 Å². The summed E-state index contributed by atoms with van der Waals surface area (Å²) in [5.41, 5.74) is 0. The third kappa shape index (κ3) is 73.0. The molecule has 0 saturated heterocycles. The smallest absolute Gasteiger partial charge is 0.00533 e. The summed E-state index contributed by atoms with van der Waals surface area (Å²) in [6.07, 6.45) is 0. The molecule has 0 rings (SSSR count). The van der Waals surface area contributed by atoms with E-state index in [2.05, 4.69) is 38.2 Å². The lowest BCUT2D eigenvalue weighted by Crippen LogP contribution is -2.08. The molecule has 0 atom stereocenters. The first-order valence-corrected chi connectivity index (χ1v) is 4.48. The van der Waals surface area contributed by atoms with Crippen LogP contribution in [0.4, 0.5) is 0 Å².